The van der Waals surface area contributed by atoms with E-state index in [-0.39, 0.29) is 36.1 Å². The molecule has 0 aliphatic heterocycles. The summed E-state index contributed by atoms with van der Waals surface area (Å²) in [5.41, 5.74) is 3.72. The molecule has 0 fully saturated rings. The molecule has 0 saturated carbocycles. The van der Waals surface area contributed by atoms with Gasteiger partial charge in [-0.05, 0) is 43.5 Å². The molecule has 8 heteroatoms. The van der Waals surface area contributed by atoms with Crippen molar-refractivity contribution >= 4 is 23.2 Å². The molecule has 0 bridgehead atoms. The number of aliphatic hydroxyl groups is 1. The number of benzene rings is 1. The van der Waals surface area contributed by atoms with Gasteiger partial charge in [-0.2, -0.15) is 0 Å². The molecule has 0 unspecified atom stereocenters. The maximum atomic E-state index is 14.2. The van der Waals surface area contributed by atoms with Crippen molar-refractivity contribution in [3.63, 3.8) is 0 Å². The van der Waals surface area contributed by atoms with Crippen molar-refractivity contribution in [3.05, 3.63) is 46.9 Å². The van der Waals surface area contributed by atoms with E-state index in [1.165, 1.54) is 23.6 Å². The number of anilines is 2. The lowest BCUT2D eigenvalue weighted by molar-refractivity contribution is 0.0289. The van der Waals surface area contributed by atoms with Gasteiger partial charge in [0.25, 0.3) is 5.91 Å². The molecule has 1 aromatic heterocycles. The Bertz CT molecular complexity index is 833. The average molecular weight is 377 g/mol. The van der Waals surface area contributed by atoms with Gasteiger partial charge in [-0.3, -0.25) is 14.4 Å². The Labute approximate surface area is 157 Å². The highest BCUT2D eigenvalue weighted by molar-refractivity contribution is 6.03. The van der Waals surface area contributed by atoms with Crippen LogP contribution in [0.25, 0.3) is 0 Å². The zero-order valence-electron chi connectivity index (χ0n) is 15.6. The van der Waals surface area contributed by atoms with Gasteiger partial charge in [0, 0.05) is 20.6 Å². The largest absolute Gasteiger partial charge is 0.396 e. The lowest BCUT2D eigenvalue weighted by atomic mass is 10.2. The number of aromatic nitrogens is 1. The van der Waals surface area contributed by atoms with Crippen LogP contribution >= 0.6 is 0 Å². The molecule has 0 atom stereocenters. The molecule has 1 heterocycles. The second-order valence-electron chi connectivity index (χ2n) is 6.23. The van der Waals surface area contributed by atoms with Gasteiger partial charge in [0.15, 0.2) is 5.78 Å². The van der Waals surface area contributed by atoms with Gasteiger partial charge >= 0.3 is 0 Å². The van der Waals surface area contributed by atoms with Crippen molar-refractivity contribution in [2.24, 2.45) is 7.05 Å². The number of unbranched alkanes of at least 4 members (excludes halogenated alkanes) is 1. The molecule has 2 aromatic rings. The van der Waals surface area contributed by atoms with Crippen molar-refractivity contribution in [3.8, 4) is 0 Å². The Balaban J connectivity index is 2.26. The van der Waals surface area contributed by atoms with Gasteiger partial charge in [-0.25, -0.2) is 9.87 Å². The number of hydrogen-bond acceptors (Lipinski definition) is 5. The first kappa shape index (κ1) is 20.6. The molecule has 0 aliphatic rings. The van der Waals surface area contributed by atoms with E-state index in [4.69, 9.17) is 9.94 Å². The topological polar surface area (TPSA) is 92.6 Å². The van der Waals surface area contributed by atoms with Gasteiger partial charge in [0.05, 0.1) is 23.6 Å². The predicted octanol–water partition coefficient (Wildman–Crippen LogP) is 2.85. The number of aryl methyl sites for hydroxylation is 1. The summed E-state index contributed by atoms with van der Waals surface area (Å²) >= 11 is 0. The van der Waals surface area contributed by atoms with Crippen molar-refractivity contribution in [2.75, 3.05) is 18.5 Å². The summed E-state index contributed by atoms with van der Waals surface area (Å²) < 4.78 is 15.7. The van der Waals surface area contributed by atoms with E-state index in [0.29, 0.717) is 18.5 Å². The average Bonchev–Trinajstić information content (AvgIpc) is 2.94. The van der Waals surface area contributed by atoms with Gasteiger partial charge in [0.2, 0.25) is 0 Å². The van der Waals surface area contributed by atoms with Gasteiger partial charge < -0.3 is 15.0 Å². The standard InChI is InChI=1S/C19H24FN3O4/c1-12-6-7-16(15(20)10-12)21-18-14(11-17(13(2)25)23(18)3)19(26)22-27-9-5-4-8-24/h6-7,10-11,21,24H,4-5,8-9H2,1-3H3,(H,22,26). The van der Waals surface area contributed by atoms with E-state index >= 15 is 0 Å². The molecule has 7 nitrogen and oxygen atoms in total. The molecule has 3 N–H and O–H groups in total. The normalized spacial score (nSPS) is 10.7. The summed E-state index contributed by atoms with van der Waals surface area (Å²) in [6.45, 7) is 3.46. The number of amides is 1. The summed E-state index contributed by atoms with van der Waals surface area (Å²) in [5.74, 6) is -0.975. The van der Waals surface area contributed by atoms with E-state index in [9.17, 15) is 14.0 Å². The van der Waals surface area contributed by atoms with Gasteiger partial charge in [0.1, 0.15) is 11.6 Å². The van der Waals surface area contributed by atoms with Crippen LogP contribution in [0.4, 0.5) is 15.9 Å². The number of nitrogens with zero attached hydrogens (tertiary/aromatic N) is 1. The fourth-order valence-corrected chi connectivity index (χ4v) is 2.57. The van der Waals surface area contributed by atoms with E-state index < -0.39 is 11.7 Å². The SMILES string of the molecule is CC(=O)c1cc(C(=O)NOCCCCO)c(Nc2ccc(C)cc2F)n1C. The predicted molar refractivity (Wildman–Crippen MR) is 99.6 cm³/mol. The molecule has 0 aliphatic carbocycles. The third kappa shape index (κ3) is 5.15. The molecule has 0 saturated heterocycles. The summed E-state index contributed by atoms with van der Waals surface area (Å²) in [5, 5.41) is 11.6. The first-order valence-electron chi connectivity index (χ1n) is 8.62. The Morgan fingerprint density at radius 2 is 2.00 bits per heavy atom. The highest BCUT2D eigenvalue weighted by Crippen LogP contribution is 2.27. The van der Waals surface area contributed by atoms with Crippen molar-refractivity contribution in [2.45, 2.75) is 26.7 Å². The minimum Gasteiger partial charge on any atom is -0.396 e. The number of nitrogens with one attached hydrogen (secondary N) is 2. The number of hydroxylamine groups is 1. The van der Waals surface area contributed by atoms with Crippen LogP contribution in [0.1, 0.15) is 46.2 Å². The maximum Gasteiger partial charge on any atom is 0.278 e. The molecular formula is C19H24FN3O4. The van der Waals surface area contributed by atoms with Crippen LogP contribution in [0.2, 0.25) is 0 Å². The lowest BCUT2D eigenvalue weighted by Crippen LogP contribution is -2.25. The van der Waals surface area contributed by atoms with Crippen molar-refractivity contribution in [1.82, 2.24) is 10.0 Å². The van der Waals surface area contributed by atoms with Crippen LogP contribution in [-0.4, -0.2) is 34.6 Å². The van der Waals surface area contributed by atoms with Crippen LogP contribution in [0, 0.1) is 12.7 Å². The first-order chi connectivity index (χ1) is 12.8. The van der Waals surface area contributed by atoms with Crippen molar-refractivity contribution < 1.29 is 23.9 Å². The second-order valence-corrected chi connectivity index (χ2v) is 6.23. The summed E-state index contributed by atoms with van der Waals surface area (Å²) in [4.78, 5) is 29.4. The number of Topliss-reactive ketones (excluding diaryl/α,β-unsaturated/α-hetero) is 1. The minimum absolute atomic E-state index is 0.0497. The van der Waals surface area contributed by atoms with E-state index in [0.717, 1.165) is 5.56 Å². The van der Waals surface area contributed by atoms with Crippen LogP contribution in [0.5, 0.6) is 0 Å². The second kappa shape index (κ2) is 9.29. The number of hydrogen-bond donors (Lipinski definition) is 3. The summed E-state index contributed by atoms with van der Waals surface area (Å²) in [6.07, 6.45) is 1.15. The molecule has 27 heavy (non-hydrogen) atoms. The maximum absolute atomic E-state index is 14.2. The third-order valence-electron chi connectivity index (χ3n) is 4.04. The summed E-state index contributed by atoms with van der Waals surface area (Å²) in [7, 11) is 1.62. The van der Waals surface area contributed by atoms with E-state index in [2.05, 4.69) is 10.8 Å². The number of halogens is 1. The zero-order valence-corrected chi connectivity index (χ0v) is 15.6. The fourth-order valence-electron chi connectivity index (χ4n) is 2.57. The Kier molecular flexibility index (Phi) is 7.09. The highest BCUT2D eigenvalue weighted by atomic mass is 19.1. The Morgan fingerprint density at radius 1 is 1.26 bits per heavy atom. The molecule has 1 aromatic carbocycles. The monoisotopic (exact) mass is 377 g/mol. The molecular weight excluding hydrogens is 353 g/mol. The number of ketones is 1. The fraction of sp³-hybridized carbons (Fsp3) is 0.368. The van der Waals surface area contributed by atoms with E-state index in [1.807, 2.05) is 0 Å². The molecule has 0 spiro atoms. The van der Waals surface area contributed by atoms with E-state index in [1.54, 1.807) is 26.1 Å². The van der Waals surface area contributed by atoms with Gasteiger partial charge in [-0.15, -0.1) is 0 Å². The quantitative estimate of drug-likeness (QED) is 0.355. The molecule has 0 radical (unpaired) electrons. The number of rotatable bonds is 9. The number of aliphatic hydroxyl groups excluding tert-OH is 1. The van der Waals surface area contributed by atoms with Crippen LogP contribution in [0.3, 0.4) is 0 Å². The van der Waals surface area contributed by atoms with Crippen LogP contribution in [0.15, 0.2) is 24.3 Å². The number of carbonyl (C=O) groups excluding carboxylic acids is 2. The minimum atomic E-state index is -0.558. The van der Waals surface area contributed by atoms with Crippen LogP contribution < -0.4 is 10.8 Å². The molecule has 1 amide bonds. The molecule has 146 valence electrons. The smallest absolute Gasteiger partial charge is 0.278 e. The van der Waals surface area contributed by atoms with Crippen molar-refractivity contribution in [1.29, 1.82) is 0 Å². The van der Waals surface area contributed by atoms with Gasteiger partial charge in [-0.1, -0.05) is 6.07 Å². The zero-order chi connectivity index (χ0) is 20.0. The number of carbonyl (C=O) groups is 2. The lowest BCUT2D eigenvalue weighted by Gasteiger charge is -2.13. The van der Waals surface area contributed by atoms with Crippen LogP contribution in [-0.2, 0) is 11.9 Å². The highest BCUT2D eigenvalue weighted by Gasteiger charge is 2.22. The Morgan fingerprint density at radius 3 is 2.63 bits per heavy atom. The first-order valence-corrected chi connectivity index (χ1v) is 8.62. The third-order valence-corrected chi connectivity index (χ3v) is 4.04. The Hall–Kier alpha value is -2.71. The summed E-state index contributed by atoms with van der Waals surface area (Å²) in [6, 6.07) is 6.12. The molecule has 2 rings (SSSR count).